The standard InChI is InChI=1S/C24H22NO3P/c1-27-20-16-14-19(15-17-20)25-24(23-13-8-18-28-23)29(26,21-9-4-2-5-10-21)22-11-6-3-7-12-22/h2-18,24-25H,1H3. The molecular weight excluding hydrogens is 381 g/mol. The van der Waals surface area contributed by atoms with Crippen molar-refractivity contribution < 1.29 is 13.7 Å². The van der Waals surface area contributed by atoms with Crippen molar-refractivity contribution in [1.82, 2.24) is 0 Å². The highest BCUT2D eigenvalue weighted by atomic mass is 31.2. The van der Waals surface area contributed by atoms with Gasteiger partial charge in [0, 0.05) is 16.3 Å². The molecule has 0 amide bonds. The number of benzene rings is 3. The summed E-state index contributed by atoms with van der Waals surface area (Å²) in [5, 5.41) is 5.00. The SMILES string of the molecule is COc1ccc(NC(c2ccco2)P(=O)(c2ccccc2)c2ccccc2)cc1. The van der Waals surface area contributed by atoms with Gasteiger partial charge >= 0.3 is 0 Å². The van der Waals surface area contributed by atoms with Gasteiger partial charge in [0.15, 0.2) is 7.14 Å². The van der Waals surface area contributed by atoms with E-state index in [1.807, 2.05) is 97.1 Å². The van der Waals surface area contributed by atoms with E-state index in [9.17, 15) is 4.57 Å². The van der Waals surface area contributed by atoms with Crippen molar-refractivity contribution in [3.63, 3.8) is 0 Å². The number of methoxy groups -OCH3 is 1. The molecule has 1 heterocycles. The van der Waals surface area contributed by atoms with Crippen molar-refractivity contribution in [3.8, 4) is 5.75 Å². The Labute approximate surface area is 170 Å². The minimum atomic E-state index is -3.14. The fourth-order valence-corrected chi connectivity index (χ4v) is 6.34. The van der Waals surface area contributed by atoms with Crippen LogP contribution in [0, 0.1) is 0 Å². The van der Waals surface area contributed by atoms with Gasteiger partial charge in [-0.2, -0.15) is 0 Å². The molecule has 3 aromatic carbocycles. The van der Waals surface area contributed by atoms with Crippen molar-refractivity contribution in [2.75, 3.05) is 12.4 Å². The van der Waals surface area contributed by atoms with Crippen molar-refractivity contribution in [3.05, 3.63) is 109 Å². The smallest absolute Gasteiger partial charge is 0.171 e. The molecule has 146 valence electrons. The van der Waals surface area contributed by atoms with Gasteiger partial charge in [0.25, 0.3) is 0 Å². The molecule has 0 spiro atoms. The van der Waals surface area contributed by atoms with E-state index >= 15 is 0 Å². The molecule has 0 aliphatic carbocycles. The zero-order chi connectivity index (χ0) is 20.1. The predicted molar refractivity (Wildman–Crippen MR) is 118 cm³/mol. The van der Waals surface area contributed by atoms with E-state index in [1.54, 1.807) is 13.4 Å². The average molecular weight is 403 g/mol. The van der Waals surface area contributed by atoms with Gasteiger partial charge in [-0.15, -0.1) is 0 Å². The van der Waals surface area contributed by atoms with Crippen LogP contribution in [0.5, 0.6) is 5.75 Å². The predicted octanol–water partition coefficient (Wildman–Crippen LogP) is 5.41. The maximum Gasteiger partial charge on any atom is 0.171 e. The van der Waals surface area contributed by atoms with Crippen LogP contribution in [0.15, 0.2) is 108 Å². The Balaban J connectivity index is 1.86. The Morgan fingerprint density at radius 3 is 1.86 bits per heavy atom. The first-order chi connectivity index (χ1) is 14.2. The molecule has 1 aromatic heterocycles. The lowest BCUT2D eigenvalue weighted by molar-refractivity contribution is 0.415. The van der Waals surface area contributed by atoms with Gasteiger partial charge < -0.3 is 19.0 Å². The maximum atomic E-state index is 14.8. The molecule has 0 bridgehead atoms. The largest absolute Gasteiger partial charge is 0.497 e. The van der Waals surface area contributed by atoms with Gasteiger partial charge in [-0.25, -0.2) is 0 Å². The van der Waals surface area contributed by atoms with Crippen molar-refractivity contribution in [2.24, 2.45) is 0 Å². The van der Waals surface area contributed by atoms with Crippen molar-refractivity contribution in [2.45, 2.75) is 5.78 Å². The molecule has 0 aliphatic heterocycles. The Morgan fingerprint density at radius 1 is 0.793 bits per heavy atom. The second kappa shape index (κ2) is 8.42. The molecular formula is C24H22NO3P. The zero-order valence-electron chi connectivity index (χ0n) is 16.1. The van der Waals surface area contributed by atoms with E-state index in [0.29, 0.717) is 5.76 Å². The normalized spacial score (nSPS) is 12.3. The molecule has 1 N–H and O–H groups in total. The fourth-order valence-electron chi connectivity index (χ4n) is 3.38. The summed E-state index contributed by atoms with van der Waals surface area (Å²) in [5.41, 5.74) is 0.833. The second-order valence-corrected chi connectivity index (χ2v) is 9.49. The first-order valence-corrected chi connectivity index (χ1v) is 11.1. The summed E-state index contributed by atoms with van der Waals surface area (Å²) in [4.78, 5) is 0. The molecule has 0 saturated heterocycles. The topological polar surface area (TPSA) is 51.5 Å². The quantitative estimate of drug-likeness (QED) is 0.419. The number of anilines is 1. The second-order valence-electron chi connectivity index (χ2n) is 6.62. The molecule has 5 heteroatoms. The molecule has 4 rings (SSSR count). The van der Waals surface area contributed by atoms with Crippen LogP contribution < -0.4 is 20.7 Å². The average Bonchev–Trinajstić information content (AvgIpc) is 3.33. The number of nitrogens with one attached hydrogen (secondary N) is 1. The molecule has 0 saturated carbocycles. The van der Waals surface area contributed by atoms with E-state index in [0.717, 1.165) is 22.0 Å². The van der Waals surface area contributed by atoms with Gasteiger partial charge in [0.1, 0.15) is 17.3 Å². The molecule has 4 nitrogen and oxygen atoms in total. The third-order valence-electron chi connectivity index (χ3n) is 4.85. The van der Waals surface area contributed by atoms with Crippen LogP contribution in [-0.4, -0.2) is 7.11 Å². The minimum absolute atomic E-state index is 0.560. The van der Waals surface area contributed by atoms with E-state index in [-0.39, 0.29) is 0 Å². The van der Waals surface area contributed by atoms with E-state index < -0.39 is 12.9 Å². The Hall–Kier alpha value is -3.23. The zero-order valence-corrected chi connectivity index (χ0v) is 17.0. The molecule has 0 radical (unpaired) electrons. The molecule has 4 aromatic rings. The highest BCUT2D eigenvalue weighted by molar-refractivity contribution is 7.79. The van der Waals surface area contributed by atoms with E-state index in [1.165, 1.54) is 0 Å². The first kappa shape index (κ1) is 19.1. The van der Waals surface area contributed by atoms with E-state index in [4.69, 9.17) is 9.15 Å². The lowest BCUT2D eigenvalue weighted by atomic mass is 10.3. The van der Waals surface area contributed by atoms with Crippen molar-refractivity contribution >= 4 is 23.4 Å². The van der Waals surface area contributed by atoms with Crippen LogP contribution in [-0.2, 0) is 4.57 Å². The third kappa shape index (κ3) is 3.85. The summed E-state index contributed by atoms with van der Waals surface area (Å²) >= 11 is 0. The van der Waals surface area contributed by atoms with Crippen LogP contribution in [0.1, 0.15) is 11.5 Å². The van der Waals surface area contributed by atoms with Crippen LogP contribution in [0.3, 0.4) is 0 Å². The van der Waals surface area contributed by atoms with Gasteiger partial charge in [0.2, 0.25) is 0 Å². The van der Waals surface area contributed by atoms with Gasteiger partial charge in [0.05, 0.1) is 13.4 Å². The van der Waals surface area contributed by atoms with Crippen LogP contribution in [0.25, 0.3) is 0 Å². The molecule has 0 fully saturated rings. The van der Waals surface area contributed by atoms with Gasteiger partial charge in [-0.05, 0) is 36.4 Å². The lowest BCUT2D eigenvalue weighted by Gasteiger charge is -2.29. The molecule has 0 aliphatic rings. The number of rotatable bonds is 7. The summed E-state index contributed by atoms with van der Waals surface area (Å²) in [5.74, 6) is 0.826. The van der Waals surface area contributed by atoms with Crippen LogP contribution in [0.2, 0.25) is 0 Å². The molecule has 1 atom stereocenters. The molecule has 29 heavy (non-hydrogen) atoms. The number of hydrogen-bond donors (Lipinski definition) is 1. The minimum Gasteiger partial charge on any atom is -0.497 e. The first-order valence-electron chi connectivity index (χ1n) is 9.37. The summed E-state index contributed by atoms with van der Waals surface area (Å²) in [6.45, 7) is 0. The van der Waals surface area contributed by atoms with E-state index in [2.05, 4.69) is 5.32 Å². The van der Waals surface area contributed by atoms with Crippen molar-refractivity contribution in [1.29, 1.82) is 0 Å². The lowest BCUT2D eigenvalue weighted by Crippen LogP contribution is -2.25. The van der Waals surface area contributed by atoms with Crippen LogP contribution in [0.4, 0.5) is 5.69 Å². The fraction of sp³-hybridized carbons (Fsp3) is 0.0833. The number of hydrogen-bond acceptors (Lipinski definition) is 4. The number of furan rings is 1. The summed E-state index contributed by atoms with van der Waals surface area (Å²) in [6.07, 6.45) is 1.61. The third-order valence-corrected chi connectivity index (χ3v) is 8.09. The number of ether oxygens (including phenoxy) is 1. The Kier molecular flexibility index (Phi) is 5.55. The van der Waals surface area contributed by atoms with Gasteiger partial charge in [-0.1, -0.05) is 60.7 Å². The Bertz CT molecular complexity index is 1030. The highest BCUT2D eigenvalue weighted by Crippen LogP contribution is 2.57. The molecule has 1 unspecified atom stereocenters. The van der Waals surface area contributed by atoms with Crippen LogP contribution >= 0.6 is 7.14 Å². The maximum absolute atomic E-state index is 14.8. The summed E-state index contributed by atoms with van der Waals surface area (Å²) in [6, 6.07) is 30.4. The Morgan fingerprint density at radius 2 is 1.38 bits per heavy atom. The summed E-state index contributed by atoms with van der Waals surface area (Å²) < 4.78 is 25.8. The summed E-state index contributed by atoms with van der Waals surface area (Å²) in [7, 11) is -1.51. The monoisotopic (exact) mass is 403 g/mol. The van der Waals surface area contributed by atoms with Gasteiger partial charge in [-0.3, -0.25) is 0 Å². The highest BCUT2D eigenvalue weighted by Gasteiger charge is 2.39.